The summed E-state index contributed by atoms with van der Waals surface area (Å²) in [4.78, 5) is 21.7. The summed E-state index contributed by atoms with van der Waals surface area (Å²) in [5, 5.41) is 1.38. The van der Waals surface area contributed by atoms with Crippen LogP contribution < -0.4 is 4.90 Å². The van der Waals surface area contributed by atoms with E-state index in [9.17, 15) is 4.79 Å². The van der Waals surface area contributed by atoms with Gasteiger partial charge in [0.25, 0.3) is 5.91 Å². The molecule has 0 aliphatic rings. The second-order valence-corrected chi connectivity index (χ2v) is 8.69. The van der Waals surface area contributed by atoms with Crippen molar-refractivity contribution < 1.29 is 4.79 Å². The van der Waals surface area contributed by atoms with Gasteiger partial charge in [-0.2, -0.15) is 0 Å². The fraction of sp³-hybridized carbons (Fsp3) is 0.263. The van der Waals surface area contributed by atoms with Crippen LogP contribution in [0.1, 0.15) is 15.9 Å². The van der Waals surface area contributed by atoms with E-state index < -0.39 is 0 Å². The summed E-state index contributed by atoms with van der Waals surface area (Å²) in [6, 6.07) is 11.2. The highest BCUT2D eigenvalue weighted by Crippen LogP contribution is 2.33. The fourth-order valence-corrected chi connectivity index (χ4v) is 4.30. The quantitative estimate of drug-likeness (QED) is 0.465. The molecule has 0 spiro atoms. The first-order valence-corrected chi connectivity index (χ1v) is 10.1. The van der Waals surface area contributed by atoms with Gasteiger partial charge in [0.1, 0.15) is 0 Å². The molecule has 0 aliphatic heterocycles. The molecule has 1 heterocycles. The van der Waals surface area contributed by atoms with Crippen LogP contribution in [0.25, 0.3) is 10.2 Å². The number of hydrogen-bond donors (Lipinski definition) is 0. The van der Waals surface area contributed by atoms with Gasteiger partial charge >= 0.3 is 0 Å². The summed E-state index contributed by atoms with van der Waals surface area (Å²) in [6.45, 7) is 3.30. The van der Waals surface area contributed by atoms with Crippen molar-refractivity contribution in [3.05, 3.63) is 57.0 Å². The SMILES string of the molecule is Cc1cc(Cl)cc2sc(N(CCN(C)C)C(=O)c3ccc(Br)cc3)nc12.Cl. The van der Waals surface area contributed by atoms with Crippen molar-refractivity contribution in [1.29, 1.82) is 0 Å². The minimum absolute atomic E-state index is 0. The number of carbonyl (C=O) groups excluding carboxylic acids is 1. The first kappa shape index (κ1) is 22.1. The van der Waals surface area contributed by atoms with Crippen LogP contribution in [0.4, 0.5) is 5.13 Å². The summed E-state index contributed by atoms with van der Waals surface area (Å²) in [7, 11) is 3.98. The minimum atomic E-state index is -0.0536. The average Bonchev–Trinajstić information content (AvgIpc) is 2.99. The number of likely N-dealkylation sites (N-methyl/N-ethyl adjacent to an activating group) is 1. The molecule has 0 saturated heterocycles. The van der Waals surface area contributed by atoms with E-state index in [1.165, 1.54) is 11.3 Å². The number of aryl methyl sites for hydroxylation is 1. The van der Waals surface area contributed by atoms with Crippen molar-refractivity contribution in [3.8, 4) is 0 Å². The molecule has 144 valence electrons. The van der Waals surface area contributed by atoms with Crippen molar-refractivity contribution in [1.82, 2.24) is 9.88 Å². The maximum atomic E-state index is 13.1. The average molecular weight is 489 g/mol. The van der Waals surface area contributed by atoms with Crippen LogP contribution in [-0.2, 0) is 0 Å². The number of aromatic nitrogens is 1. The highest BCUT2D eigenvalue weighted by atomic mass is 79.9. The zero-order valence-electron chi connectivity index (χ0n) is 15.2. The van der Waals surface area contributed by atoms with E-state index in [1.807, 2.05) is 57.4 Å². The molecule has 0 atom stereocenters. The standard InChI is InChI=1S/C19H19BrClN3OS.ClH/c1-12-10-15(21)11-16-17(12)22-19(26-16)24(9-8-23(2)3)18(25)13-4-6-14(20)7-5-13;/h4-7,10-11H,8-9H2,1-3H3;1H. The lowest BCUT2D eigenvalue weighted by molar-refractivity contribution is 0.0985. The fourth-order valence-electron chi connectivity index (χ4n) is 2.59. The van der Waals surface area contributed by atoms with Crippen LogP contribution in [0, 0.1) is 6.92 Å². The zero-order valence-corrected chi connectivity index (χ0v) is 19.2. The van der Waals surface area contributed by atoms with E-state index in [-0.39, 0.29) is 18.3 Å². The van der Waals surface area contributed by atoms with Crippen LogP contribution in [0.15, 0.2) is 40.9 Å². The van der Waals surface area contributed by atoms with E-state index in [0.717, 1.165) is 26.8 Å². The van der Waals surface area contributed by atoms with Crippen LogP contribution in [0.3, 0.4) is 0 Å². The van der Waals surface area contributed by atoms with Crippen LogP contribution in [-0.4, -0.2) is 43.0 Å². The molecule has 3 aromatic rings. The number of thiazole rings is 1. The molecule has 0 saturated carbocycles. The van der Waals surface area contributed by atoms with Crippen molar-refractivity contribution in [2.75, 3.05) is 32.1 Å². The topological polar surface area (TPSA) is 36.4 Å². The molecular formula is C19H20BrCl2N3OS. The van der Waals surface area contributed by atoms with Crippen LogP contribution >= 0.6 is 51.3 Å². The van der Waals surface area contributed by atoms with Crippen molar-refractivity contribution >= 4 is 72.5 Å². The highest BCUT2D eigenvalue weighted by Gasteiger charge is 2.22. The number of fused-ring (bicyclic) bond motifs is 1. The van der Waals surface area contributed by atoms with Gasteiger partial charge in [-0.15, -0.1) is 12.4 Å². The van der Waals surface area contributed by atoms with Crippen LogP contribution in [0.2, 0.25) is 5.02 Å². The second-order valence-electron chi connectivity index (χ2n) is 6.33. The number of amides is 1. The van der Waals surface area contributed by atoms with Gasteiger partial charge < -0.3 is 4.90 Å². The third-order valence-electron chi connectivity index (χ3n) is 3.98. The molecule has 27 heavy (non-hydrogen) atoms. The largest absolute Gasteiger partial charge is 0.308 e. The van der Waals surface area contributed by atoms with Gasteiger partial charge in [-0.1, -0.05) is 38.9 Å². The Hall–Kier alpha value is -1.18. The molecule has 1 amide bonds. The molecule has 3 rings (SSSR count). The van der Waals surface area contributed by atoms with Gasteiger partial charge in [0.05, 0.1) is 10.2 Å². The number of halogens is 3. The maximum absolute atomic E-state index is 13.1. The minimum Gasteiger partial charge on any atom is -0.308 e. The summed E-state index contributed by atoms with van der Waals surface area (Å²) in [5.41, 5.74) is 2.55. The van der Waals surface area contributed by atoms with E-state index in [0.29, 0.717) is 22.3 Å². The second kappa shape index (κ2) is 9.34. The smallest absolute Gasteiger partial charge is 0.260 e. The Labute approximate surface area is 182 Å². The van der Waals surface area contributed by atoms with E-state index in [2.05, 4.69) is 20.8 Å². The Morgan fingerprint density at radius 1 is 1.19 bits per heavy atom. The van der Waals surface area contributed by atoms with Gasteiger partial charge in [0, 0.05) is 28.1 Å². The normalized spacial score (nSPS) is 10.9. The molecule has 1 aromatic heterocycles. The molecule has 2 aromatic carbocycles. The molecule has 0 N–H and O–H groups in total. The van der Waals surface area contributed by atoms with E-state index in [4.69, 9.17) is 16.6 Å². The summed E-state index contributed by atoms with van der Waals surface area (Å²) < 4.78 is 1.93. The lowest BCUT2D eigenvalue weighted by Gasteiger charge is -2.22. The first-order chi connectivity index (χ1) is 12.3. The predicted octanol–water partition coefficient (Wildman–Crippen LogP) is 5.65. The molecule has 8 heteroatoms. The number of rotatable bonds is 5. The van der Waals surface area contributed by atoms with E-state index in [1.54, 1.807) is 4.90 Å². The van der Waals surface area contributed by atoms with Gasteiger partial charge in [0.15, 0.2) is 5.13 Å². The van der Waals surface area contributed by atoms with Gasteiger partial charge in [-0.25, -0.2) is 4.98 Å². The highest BCUT2D eigenvalue weighted by molar-refractivity contribution is 9.10. The lowest BCUT2D eigenvalue weighted by atomic mass is 10.2. The Balaban J connectivity index is 0.00000261. The zero-order chi connectivity index (χ0) is 18.8. The number of anilines is 1. The number of hydrogen-bond acceptors (Lipinski definition) is 4. The molecule has 4 nitrogen and oxygen atoms in total. The molecular weight excluding hydrogens is 469 g/mol. The van der Waals surface area contributed by atoms with Gasteiger partial charge in [-0.3, -0.25) is 9.69 Å². The lowest BCUT2D eigenvalue weighted by Crippen LogP contribution is -2.36. The van der Waals surface area contributed by atoms with Gasteiger partial charge in [0.2, 0.25) is 0 Å². The first-order valence-electron chi connectivity index (χ1n) is 8.14. The monoisotopic (exact) mass is 487 g/mol. The Morgan fingerprint density at radius 3 is 2.48 bits per heavy atom. The molecule has 0 unspecified atom stereocenters. The van der Waals surface area contributed by atoms with Crippen molar-refractivity contribution in [3.63, 3.8) is 0 Å². The van der Waals surface area contributed by atoms with Crippen molar-refractivity contribution in [2.24, 2.45) is 0 Å². The third kappa shape index (κ3) is 5.21. The number of benzene rings is 2. The molecule has 0 bridgehead atoms. The van der Waals surface area contributed by atoms with Crippen molar-refractivity contribution in [2.45, 2.75) is 6.92 Å². The third-order valence-corrected chi connectivity index (χ3v) is 5.75. The Kier molecular flexibility index (Phi) is 7.65. The summed E-state index contributed by atoms with van der Waals surface area (Å²) in [6.07, 6.45) is 0. The van der Waals surface area contributed by atoms with Gasteiger partial charge in [-0.05, 0) is 63.0 Å². The predicted molar refractivity (Wildman–Crippen MR) is 121 cm³/mol. The summed E-state index contributed by atoms with van der Waals surface area (Å²) >= 11 is 11.1. The number of carbonyl (C=O) groups is 1. The van der Waals surface area contributed by atoms with Crippen LogP contribution in [0.5, 0.6) is 0 Å². The Bertz CT molecular complexity index is 944. The molecule has 0 aliphatic carbocycles. The maximum Gasteiger partial charge on any atom is 0.260 e. The van der Waals surface area contributed by atoms with E-state index >= 15 is 0 Å². The Morgan fingerprint density at radius 2 is 1.85 bits per heavy atom. The summed E-state index contributed by atoms with van der Waals surface area (Å²) in [5.74, 6) is -0.0536. The molecule has 0 fully saturated rings. The molecule has 0 radical (unpaired) electrons. The number of nitrogens with zero attached hydrogens (tertiary/aromatic N) is 3.